The zero-order valence-corrected chi connectivity index (χ0v) is 17.3. The number of ether oxygens (including phenoxy) is 2. The zero-order valence-electron chi connectivity index (χ0n) is 17.3. The molecule has 6 nitrogen and oxygen atoms in total. The molecule has 0 spiro atoms. The van der Waals surface area contributed by atoms with Crippen LogP contribution in [0.1, 0.15) is 26.3 Å². The molecular weight excluding hydrogens is 383 g/mol. The minimum atomic E-state index is -0.327. The van der Waals surface area contributed by atoms with Gasteiger partial charge in [0.15, 0.2) is 0 Å². The molecule has 0 aliphatic carbocycles. The van der Waals surface area contributed by atoms with Crippen molar-refractivity contribution >= 4 is 22.7 Å². The molecule has 0 radical (unpaired) electrons. The van der Waals surface area contributed by atoms with Crippen molar-refractivity contribution in [3.63, 3.8) is 0 Å². The molecule has 2 aromatic heterocycles. The molecule has 0 saturated carbocycles. The number of H-pyrrole nitrogens is 1. The van der Waals surface area contributed by atoms with Gasteiger partial charge in [-0.1, -0.05) is 39.0 Å². The summed E-state index contributed by atoms with van der Waals surface area (Å²) < 4.78 is 25.0. The van der Waals surface area contributed by atoms with Gasteiger partial charge < -0.3 is 19.8 Å². The molecule has 7 heteroatoms. The second-order valence-corrected chi connectivity index (χ2v) is 7.93. The van der Waals surface area contributed by atoms with Gasteiger partial charge in [-0.25, -0.2) is 9.37 Å². The molecule has 0 unspecified atom stereocenters. The number of methoxy groups -OCH3 is 1. The normalized spacial score (nSPS) is 11.5. The second-order valence-electron chi connectivity index (χ2n) is 7.93. The Morgan fingerprint density at radius 2 is 1.80 bits per heavy atom. The Balaban J connectivity index is 1.71. The molecule has 0 fully saturated rings. The van der Waals surface area contributed by atoms with Crippen LogP contribution in [0.2, 0.25) is 0 Å². The lowest BCUT2D eigenvalue weighted by molar-refractivity contribution is 0.381. The van der Waals surface area contributed by atoms with Gasteiger partial charge in [-0.3, -0.25) is 0 Å². The van der Waals surface area contributed by atoms with E-state index in [9.17, 15) is 4.39 Å². The van der Waals surface area contributed by atoms with E-state index in [2.05, 4.69) is 41.0 Å². The molecule has 0 bridgehead atoms. The Kier molecular flexibility index (Phi) is 5.03. The van der Waals surface area contributed by atoms with Crippen LogP contribution in [0.3, 0.4) is 0 Å². The third-order valence-corrected chi connectivity index (χ3v) is 4.64. The molecule has 2 heterocycles. The van der Waals surface area contributed by atoms with Gasteiger partial charge in [0.1, 0.15) is 17.3 Å². The predicted octanol–water partition coefficient (Wildman–Crippen LogP) is 5.94. The fourth-order valence-corrected chi connectivity index (χ4v) is 3.16. The number of aromatic nitrogens is 3. The second kappa shape index (κ2) is 7.67. The molecule has 0 atom stereocenters. The van der Waals surface area contributed by atoms with Crippen LogP contribution in [0.4, 0.5) is 16.0 Å². The van der Waals surface area contributed by atoms with Crippen LogP contribution < -0.4 is 14.8 Å². The first-order valence-corrected chi connectivity index (χ1v) is 9.58. The van der Waals surface area contributed by atoms with Gasteiger partial charge in [-0.05, 0) is 35.7 Å². The molecule has 4 rings (SSSR count). The molecular formula is C23H23FN4O2. The highest BCUT2D eigenvalue weighted by Gasteiger charge is 2.20. The number of anilines is 2. The minimum absolute atomic E-state index is 0.105. The predicted molar refractivity (Wildman–Crippen MR) is 115 cm³/mol. The van der Waals surface area contributed by atoms with Crippen molar-refractivity contribution in [1.82, 2.24) is 15.0 Å². The van der Waals surface area contributed by atoms with Gasteiger partial charge in [0, 0.05) is 11.6 Å². The number of hydrogen-bond acceptors (Lipinski definition) is 5. The van der Waals surface area contributed by atoms with Gasteiger partial charge in [-0.2, -0.15) is 4.98 Å². The van der Waals surface area contributed by atoms with E-state index in [1.807, 2.05) is 24.3 Å². The van der Waals surface area contributed by atoms with E-state index in [1.165, 1.54) is 12.1 Å². The fourth-order valence-electron chi connectivity index (χ4n) is 3.16. The number of aromatic amines is 1. The summed E-state index contributed by atoms with van der Waals surface area (Å²) in [5.74, 6) is 1.61. The Morgan fingerprint density at radius 3 is 2.57 bits per heavy atom. The highest BCUT2D eigenvalue weighted by atomic mass is 19.1. The maximum absolute atomic E-state index is 13.5. The molecule has 4 aromatic rings. The van der Waals surface area contributed by atoms with Crippen molar-refractivity contribution in [3.05, 3.63) is 66.0 Å². The maximum Gasteiger partial charge on any atom is 0.246 e. The van der Waals surface area contributed by atoms with Gasteiger partial charge >= 0.3 is 0 Å². The van der Waals surface area contributed by atoms with Crippen LogP contribution >= 0.6 is 0 Å². The summed E-state index contributed by atoms with van der Waals surface area (Å²) in [6, 6.07) is 15.8. The van der Waals surface area contributed by atoms with E-state index >= 15 is 0 Å². The van der Waals surface area contributed by atoms with Crippen LogP contribution in [-0.4, -0.2) is 22.1 Å². The van der Waals surface area contributed by atoms with Crippen molar-refractivity contribution in [1.29, 1.82) is 0 Å². The SMILES string of the molecule is COc1ccc(Nc2nc3ccc(F)cc3[nH]2)c(Oc2ccccc2C(C)(C)C)n1. The summed E-state index contributed by atoms with van der Waals surface area (Å²) in [5, 5.41) is 3.18. The molecule has 30 heavy (non-hydrogen) atoms. The number of fused-ring (bicyclic) bond motifs is 1. The van der Waals surface area contributed by atoms with Crippen molar-refractivity contribution in [2.45, 2.75) is 26.2 Å². The summed E-state index contributed by atoms with van der Waals surface area (Å²) >= 11 is 0. The van der Waals surface area contributed by atoms with Gasteiger partial charge in [-0.15, -0.1) is 0 Å². The lowest BCUT2D eigenvalue weighted by atomic mass is 9.86. The Hall–Kier alpha value is -3.61. The third-order valence-electron chi connectivity index (χ3n) is 4.64. The summed E-state index contributed by atoms with van der Waals surface area (Å²) in [5.41, 5.74) is 2.80. The molecule has 0 saturated heterocycles. The fraction of sp³-hybridized carbons (Fsp3) is 0.217. The number of benzene rings is 2. The smallest absolute Gasteiger partial charge is 0.246 e. The minimum Gasteiger partial charge on any atom is -0.481 e. The Morgan fingerprint density at radius 1 is 1.00 bits per heavy atom. The molecule has 0 amide bonds. The maximum atomic E-state index is 13.5. The van der Waals surface area contributed by atoms with E-state index in [0.29, 0.717) is 40.2 Å². The van der Waals surface area contributed by atoms with E-state index in [-0.39, 0.29) is 11.2 Å². The lowest BCUT2D eigenvalue weighted by Crippen LogP contribution is -2.12. The van der Waals surface area contributed by atoms with E-state index in [4.69, 9.17) is 9.47 Å². The largest absolute Gasteiger partial charge is 0.481 e. The summed E-state index contributed by atoms with van der Waals surface area (Å²) in [4.78, 5) is 12.0. The quantitative estimate of drug-likeness (QED) is 0.429. The average Bonchev–Trinajstić information content (AvgIpc) is 3.10. The number of imidazole rings is 1. The highest BCUT2D eigenvalue weighted by Crippen LogP contribution is 2.37. The molecule has 0 aliphatic rings. The number of nitrogens with zero attached hydrogens (tertiary/aromatic N) is 2. The van der Waals surface area contributed by atoms with Gasteiger partial charge in [0.05, 0.1) is 18.1 Å². The number of pyridine rings is 1. The van der Waals surface area contributed by atoms with Crippen molar-refractivity contribution in [2.75, 3.05) is 12.4 Å². The van der Waals surface area contributed by atoms with E-state index in [0.717, 1.165) is 5.56 Å². The van der Waals surface area contributed by atoms with Crippen LogP contribution in [-0.2, 0) is 5.41 Å². The lowest BCUT2D eigenvalue weighted by Gasteiger charge is -2.23. The molecule has 154 valence electrons. The van der Waals surface area contributed by atoms with Gasteiger partial charge in [0.2, 0.25) is 17.7 Å². The number of para-hydroxylation sites is 1. The Bertz CT molecular complexity index is 1200. The standard InChI is InChI=1S/C23H23FN4O2/c1-23(2,3)15-7-5-6-8-19(15)30-21-17(11-12-20(28-21)29-4)26-22-25-16-10-9-14(24)13-18(16)27-22/h5-13H,1-4H3,(H2,25,26,27). The summed E-state index contributed by atoms with van der Waals surface area (Å²) in [6.45, 7) is 6.38. The van der Waals surface area contributed by atoms with E-state index < -0.39 is 0 Å². The highest BCUT2D eigenvalue weighted by molar-refractivity contribution is 5.78. The number of rotatable bonds is 5. The van der Waals surface area contributed by atoms with Crippen LogP contribution in [0.15, 0.2) is 54.6 Å². The number of hydrogen-bond donors (Lipinski definition) is 2. The molecule has 2 N–H and O–H groups in total. The van der Waals surface area contributed by atoms with Gasteiger partial charge in [0.25, 0.3) is 0 Å². The van der Waals surface area contributed by atoms with Crippen molar-refractivity contribution < 1.29 is 13.9 Å². The number of halogens is 1. The van der Waals surface area contributed by atoms with Crippen molar-refractivity contribution in [2.24, 2.45) is 0 Å². The average molecular weight is 406 g/mol. The zero-order chi connectivity index (χ0) is 21.3. The monoisotopic (exact) mass is 406 g/mol. The first kappa shape index (κ1) is 19.7. The summed E-state index contributed by atoms with van der Waals surface area (Å²) in [6.07, 6.45) is 0. The summed E-state index contributed by atoms with van der Waals surface area (Å²) in [7, 11) is 1.55. The van der Waals surface area contributed by atoms with Crippen LogP contribution in [0, 0.1) is 5.82 Å². The third kappa shape index (κ3) is 4.05. The van der Waals surface area contributed by atoms with Crippen LogP contribution in [0.5, 0.6) is 17.5 Å². The topological polar surface area (TPSA) is 72.1 Å². The molecule has 2 aromatic carbocycles. The number of nitrogens with one attached hydrogen (secondary N) is 2. The molecule has 0 aliphatic heterocycles. The first-order chi connectivity index (χ1) is 14.3. The first-order valence-electron chi connectivity index (χ1n) is 9.58. The van der Waals surface area contributed by atoms with E-state index in [1.54, 1.807) is 25.3 Å². The Labute approximate surface area is 174 Å². The van der Waals surface area contributed by atoms with Crippen molar-refractivity contribution in [3.8, 4) is 17.5 Å². The van der Waals surface area contributed by atoms with Crippen LogP contribution in [0.25, 0.3) is 11.0 Å².